The zero-order valence-corrected chi connectivity index (χ0v) is 18.4. The van der Waals surface area contributed by atoms with E-state index in [0.29, 0.717) is 25.5 Å². The average Bonchev–Trinajstić information content (AvgIpc) is 3.22. The fourth-order valence-electron chi connectivity index (χ4n) is 4.85. The highest BCUT2D eigenvalue weighted by molar-refractivity contribution is 6.10. The number of nitrogens with one attached hydrogen (secondary N) is 2. The summed E-state index contributed by atoms with van der Waals surface area (Å²) in [4.78, 5) is 26.3. The van der Waals surface area contributed by atoms with E-state index in [1.807, 2.05) is 30.3 Å². The van der Waals surface area contributed by atoms with Crippen LogP contribution in [-0.2, 0) is 9.59 Å². The highest BCUT2D eigenvalue weighted by Gasteiger charge is 2.31. The molecule has 1 aromatic heterocycles. The highest BCUT2D eigenvalue weighted by Crippen LogP contribution is 2.37. The van der Waals surface area contributed by atoms with Gasteiger partial charge in [0.05, 0.1) is 12.2 Å². The minimum Gasteiger partial charge on any atom is -0.492 e. The summed E-state index contributed by atoms with van der Waals surface area (Å²) in [6, 6.07) is 10.6. The molecule has 0 aliphatic carbocycles. The number of carbonyl (C=O) groups excluding carboxylic acids is 2. The standard InChI is InChI=1S/C25H29N3O4/c1-28-11-8-17(9-12-28)26-10-13-31-18-3-4-19-16(14-18)2-6-22-24(19)21(15-32-22)20-5-7-23(29)27-25(20)30/h2-4,6,14-15,17,20,26H,5,7-13H2,1H3,(H,27,29,30). The fraction of sp³-hybridized carbons (Fsp3) is 0.440. The third-order valence-corrected chi connectivity index (χ3v) is 6.69. The fourth-order valence-corrected chi connectivity index (χ4v) is 4.85. The van der Waals surface area contributed by atoms with Crippen LogP contribution in [0.5, 0.6) is 5.75 Å². The monoisotopic (exact) mass is 435 g/mol. The smallest absolute Gasteiger partial charge is 0.234 e. The Balaban J connectivity index is 1.30. The molecule has 2 amide bonds. The van der Waals surface area contributed by atoms with Crippen LogP contribution in [0.4, 0.5) is 0 Å². The molecule has 2 aliphatic rings. The predicted octanol–water partition coefficient (Wildman–Crippen LogP) is 3.17. The van der Waals surface area contributed by atoms with Gasteiger partial charge in [-0.3, -0.25) is 14.9 Å². The summed E-state index contributed by atoms with van der Waals surface area (Å²) >= 11 is 0. The van der Waals surface area contributed by atoms with Crippen LogP contribution in [0.1, 0.15) is 37.2 Å². The lowest BCUT2D eigenvalue weighted by atomic mass is 9.89. The molecule has 0 spiro atoms. The van der Waals surface area contributed by atoms with Gasteiger partial charge >= 0.3 is 0 Å². The number of carbonyl (C=O) groups is 2. The van der Waals surface area contributed by atoms with Crippen LogP contribution < -0.4 is 15.4 Å². The summed E-state index contributed by atoms with van der Waals surface area (Å²) < 4.78 is 11.7. The molecule has 7 heteroatoms. The van der Waals surface area contributed by atoms with Crippen LogP contribution in [0.25, 0.3) is 21.7 Å². The number of imide groups is 1. The molecule has 2 aliphatic heterocycles. The van der Waals surface area contributed by atoms with Crippen LogP contribution >= 0.6 is 0 Å². The zero-order valence-electron chi connectivity index (χ0n) is 18.4. The van der Waals surface area contributed by atoms with Crippen molar-refractivity contribution in [1.82, 2.24) is 15.5 Å². The van der Waals surface area contributed by atoms with E-state index in [1.54, 1.807) is 6.26 Å². The Morgan fingerprint density at radius 2 is 2.00 bits per heavy atom. The molecular weight excluding hydrogens is 406 g/mol. The van der Waals surface area contributed by atoms with E-state index < -0.39 is 0 Å². The lowest BCUT2D eigenvalue weighted by molar-refractivity contribution is -0.134. The molecule has 0 radical (unpaired) electrons. The van der Waals surface area contributed by atoms with Gasteiger partial charge in [0, 0.05) is 30.0 Å². The van der Waals surface area contributed by atoms with Crippen molar-refractivity contribution in [3.8, 4) is 5.75 Å². The van der Waals surface area contributed by atoms with Gasteiger partial charge < -0.3 is 19.4 Å². The molecule has 2 aromatic carbocycles. The van der Waals surface area contributed by atoms with E-state index in [0.717, 1.165) is 52.7 Å². The van der Waals surface area contributed by atoms with Crippen molar-refractivity contribution in [2.75, 3.05) is 33.3 Å². The van der Waals surface area contributed by atoms with Gasteiger partial charge in [-0.15, -0.1) is 0 Å². The molecule has 0 bridgehead atoms. The predicted molar refractivity (Wildman–Crippen MR) is 123 cm³/mol. The van der Waals surface area contributed by atoms with Gasteiger partial charge in [-0.05, 0) is 74.4 Å². The van der Waals surface area contributed by atoms with Crippen LogP contribution in [-0.4, -0.2) is 56.0 Å². The van der Waals surface area contributed by atoms with E-state index in [9.17, 15) is 9.59 Å². The average molecular weight is 436 g/mol. The Kier molecular flexibility index (Phi) is 5.85. The van der Waals surface area contributed by atoms with Gasteiger partial charge in [-0.1, -0.05) is 6.07 Å². The minimum absolute atomic E-state index is 0.212. The quantitative estimate of drug-likeness (QED) is 0.457. The molecule has 1 atom stereocenters. The van der Waals surface area contributed by atoms with E-state index in [4.69, 9.17) is 9.15 Å². The lowest BCUT2D eigenvalue weighted by Gasteiger charge is -2.29. The zero-order chi connectivity index (χ0) is 22.1. The Bertz CT molecular complexity index is 1150. The van der Waals surface area contributed by atoms with Crippen molar-refractivity contribution in [1.29, 1.82) is 0 Å². The number of hydrogen-bond acceptors (Lipinski definition) is 6. The highest BCUT2D eigenvalue weighted by atomic mass is 16.5. The van der Waals surface area contributed by atoms with Gasteiger partial charge in [-0.25, -0.2) is 0 Å². The van der Waals surface area contributed by atoms with Gasteiger partial charge in [0.15, 0.2) is 0 Å². The van der Waals surface area contributed by atoms with Crippen molar-refractivity contribution in [2.45, 2.75) is 37.6 Å². The first-order valence-corrected chi connectivity index (χ1v) is 11.4. The second-order valence-corrected chi connectivity index (χ2v) is 8.90. The van der Waals surface area contributed by atoms with E-state index >= 15 is 0 Å². The van der Waals surface area contributed by atoms with Crippen molar-refractivity contribution >= 4 is 33.6 Å². The number of rotatable bonds is 6. The van der Waals surface area contributed by atoms with Gasteiger partial charge in [-0.2, -0.15) is 0 Å². The Morgan fingerprint density at radius 1 is 1.16 bits per heavy atom. The third kappa shape index (κ3) is 4.23. The number of likely N-dealkylation sites (tertiary alicyclic amines) is 1. The van der Waals surface area contributed by atoms with Gasteiger partial charge in [0.1, 0.15) is 17.9 Å². The molecule has 2 fully saturated rings. The topological polar surface area (TPSA) is 83.8 Å². The summed E-state index contributed by atoms with van der Waals surface area (Å²) in [6.45, 7) is 3.74. The third-order valence-electron chi connectivity index (χ3n) is 6.69. The van der Waals surface area contributed by atoms with Crippen molar-refractivity contribution in [2.24, 2.45) is 0 Å². The Hall–Kier alpha value is -2.90. The SMILES string of the molecule is CN1CCC(NCCOc2ccc3c(ccc4occ(C5CCC(=O)NC5=O)c43)c2)CC1. The Morgan fingerprint density at radius 3 is 2.81 bits per heavy atom. The van der Waals surface area contributed by atoms with Crippen molar-refractivity contribution in [3.05, 3.63) is 42.2 Å². The summed E-state index contributed by atoms with van der Waals surface area (Å²) in [7, 11) is 2.17. The molecule has 2 saturated heterocycles. The maximum absolute atomic E-state index is 12.4. The lowest BCUT2D eigenvalue weighted by Crippen LogP contribution is -2.42. The van der Waals surface area contributed by atoms with E-state index in [1.165, 1.54) is 12.8 Å². The first-order valence-electron chi connectivity index (χ1n) is 11.4. The van der Waals surface area contributed by atoms with Crippen LogP contribution in [0.2, 0.25) is 0 Å². The van der Waals surface area contributed by atoms with Crippen LogP contribution in [0.15, 0.2) is 41.0 Å². The maximum atomic E-state index is 12.4. The molecule has 1 unspecified atom stereocenters. The summed E-state index contributed by atoms with van der Waals surface area (Å²) in [5.74, 6) is -0.0109. The largest absolute Gasteiger partial charge is 0.492 e. The number of amides is 2. The molecule has 3 aromatic rings. The number of fused-ring (bicyclic) bond motifs is 3. The second kappa shape index (κ2) is 8.92. The van der Waals surface area contributed by atoms with Crippen molar-refractivity contribution in [3.63, 3.8) is 0 Å². The number of ether oxygens (including phenoxy) is 1. The molecule has 3 heterocycles. The molecule has 168 valence electrons. The van der Waals surface area contributed by atoms with Crippen LogP contribution in [0, 0.1) is 0 Å². The summed E-state index contributed by atoms with van der Waals surface area (Å²) in [6.07, 6.45) is 4.87. The number of benzene rings is 2. The Labute approximate surface area is 187 Å². The summed E-state index contributed by atoms with van der Waals surface area (Å²) in [5, 5.41) is 9.04. The number of furan rings is 1. The van der Waals surface area contributed by atoms with E-state index in [2.05, 4.69) is 22.6 Å². The number of nitrogens with zero attached hydrogens (tertiary/aromatic N) is 1. The normalized spacial score (nSPS) is 20.7. The molecule has 7 nitrogen and oxygen atoms in total. The molecule has 2 N–H and O–H groups in total. The molecule has 0 saturated carbocycles. The van der Waals surface area contributed by atoms with Gasteiger partial charge in [0.25, 0.3) is 0 Å². The number of hydrogen-bond donors (Lipinski definition) is 2. The van der Waals surface area contributed by atoms with Crippen molar-refractivity contribution < 1.29 is 18.7 Å². The maximum Gasteiger partial charge on any atom is 0.234 e. The number of piperidine rings is 2. The van der Waals surface area contributed by atoms with E-state index in [-0.39, 0.29) is 17.7 Å². The summed E-state index contributed by atoms with van der Waals surface area (Å²) in [5.41, 5.74) is 1.58. The van der Waals surface area contributed by atoms with Crippen LogP contribution in [0.3, 0.4) is 0 Å². The first kappa shape index (κ1) is 21.0. The molecule has 5 rings (SSSR count). The van der Waals surface area contributed by atoms with Gasteiger partial charge in [0.2, 0.25) is 11.8 Å². The molecular formula is C25H29N3O4. The molecule has 32 heavy (non-hydrogen) atoms. The minimum atomic E-state index is -0.374. The first-order chi connectivity index (χ1) is 15.6. The second-order valence-electron chi connectivity index (χ2n) is 8.90.